The van der Waals surface area contributed by atoms with Crippen molar-refractivity contribution in [3.63, 3.8) is 0 Å². The second kappa shape index (κ2) is 6.02. The van der Waals surface area contributed by atoms with E-state index in [-0.39, 0.29) is 13.2 Å². The third-order valence-electron chi connectivity index (χ3n) is 1.80. The maximum Gasteiger partial charge on any atom is 0.403 e. The molecule has 0 bridgehead atoms. The highest BCUT2D eigenvalue weighted by molar-refractivity contribution is 9.10. The Morgan fingerprint density at radius 1 is 1.19 bits per heavy atom. The van der Waals surface area contributed by atoms with Crippen molar-refractivity contribution < 1.29 is 17.9 Å². The summed E-state index contributed by atoms with van der Waals surface area (Å²) >= 11 is 5.79. The minimum Gasteiger partial charge on any atom is -0.375 e. The van der Waals surface area contributed by atoms with E-state index in [9.17, 15) is 13.2 Å². The molecule has 1 aromatic rings. The van der Waals surface area contributed by atoms with Gasteiger partial charge in [0.05, 0.1) is 13.2 Å². The van der Waals surface area contributed by atoms with Crippen molar-refractivity contribution in [2.45, 2.75) is 17.6 Å². The monoisotopic (exact) mass is 360 g/mol. The van der Waals surface area contributed by atoms with Crippen LogP contribution in [0.5, 0.6) is 0 Å². The Morgan fingerprint density at radius 3 is 2.25 bits per heavy atom. The van der Waals surface area contributed by atoms with Gasteiger partial charge in [0.15, 0.2) is 0 Å². The molecular weight excluding hydrogens is 353 g/mol. The molecule has 0 aliphatic rings. The number of ether oxygens (including phenoxy) is 1. The number of rotatable bonds is 4. The van der Waals surface area contributed by atoms with Crippen LogP contribution in [0.4, 0.5) is 13.2 Å². The molecule has 0 aromatic heterocycles. The summed E-state index contributed by atoms with van der Waals surface area (Å²) in [5.74, 6) is 0. The molecule has 0 aliphatic carbocycles. The molecule has 0 saturated carbocycles. The summed E-state index contributed by atoms with van der Waals surface area (Å²) in [5, 5.41) is 0. The van der Waals surface area contributed by atoms with Crippen molar-refractivity contribution >= 4 is 31.9 Å². The van der Waals surface area contributed by atoms with Crippen molar-refractivity contribution in [1.82, 2.24) is 0 Å². The molecule has 0 fully saturated rings. The van der Waals surface area contributed by atoms with Gasteiger partial charge in [0, 0.05) is 4.47 Å². The van der Waals surface area contributed by atoms with Crippen LogP contribution in [-0.4, -0.2) is 17.6 Å². The van der Waals surface area contributed by atoms with Gasteiger partial charge in [0.1, 0.15) is 4.83 Å². The van der Waals surface area contributed by atoms with Gasteiger partial charge in [-0.25, -0.2) is 0 Å². The van der Waals surface area contributed by atoms with Crippen LogP contribution in [0.1, 0.15) is 5.56 Å². The van der Waals surface area contributed by atoms with Gasteiger partial charge < -0.3 is 4.74 Å². The molecule has 16 heavy (non-hydrogen) atoms. The van der Waals surface area contributed by atoms with Crippen LogP contribution in [-0.2, 0) is 11.3 Å². The first-order chi connectivity index (χ1) is 7.39. The van der Waals surface area contributed by atoms with E-state index >= 15 is 0 Å². The maximum absolute atomic E-state index is 12.1. The number of benzene rings is 1. The molecule has 0 aliphatic heterocycles. The van der Waals surface area contributed by atoms with Gasteiger partial charge in [-0.05, 0) is 17.7 Å². The van der Waals surface area contributed by atoms with Gasteiger partial charge in [0.2, 0.25) is 0 Å². The van der Waals surface area contributed by atoms with Crippen molar-refractivity contribution in [2.75, 3.05) is 6.61 Å². The molecule has 1 nitrogen and oxygen atoms in total. The number of alkyl halides is 4. The van der Waals surface area contributed by atoms with Crippen LogP contribution < -0.4 is 0 Å². The lowest BCUT2D eigenvalue weighted by Gasteiger charge is -2.13. The van der Waals surface area contributed by atoms with Gasteiger partial charge in [-0.15, -0.1) is 0 Å². The normalized spacial score (nSPS) is 13.8. The molecule has 6 heteroatoms. The lowest BCUT2D eigenvalue weighted by Crippen LogP contribution is -2.27. The van der Waals surface area contributed by atoms with Gasteiger partial charge >= 0.3 is 6.18 Å². The summed E-state index contributed by atoms with van der Waals surface area (Å²) in [4.78, 5) is -1.62. The zero-order valence-corrected chi connectivity index (χ0v) is 11.3. The van der Waals surface area contributed by atoms with E-state index in [1.807, 2.05) is 12.1 Å². The average molecular weight is 362 g/mol. The molecular formula is C10H9Br2F3O. The second-order valence-electron chi connectivity index (χ2n) is 3.15. The molecule has 90 valence electrons. The summed E-state index contributed by atoms with van der Waals surface area (Å²) < 4.78 is 42.2. The average Bonchev–Trinajstić information content (AvgIpc) is 2.19. The van der Waals surface area contributed by atoms with Crippen molar-refractivity contribution in [3.8, 4) is 0 Å². The molecule has 0 heterocycles. The van der Waals surface area contributed by atoms with Gasteiger partial charge in [0.25, 0.3) is 0 Å². The van der Waals surface area contributed by atoms with Gasteiger partial charge in [-0.1, -0.05) is 44.0 Å². The van der Waals surface area contributed by atoms with Crippen LogP contribution in [0, 0.1) is 0 Å². The first-order valence-electron chi connectivity index (χ1n) is 4.42. The zero-order valence-electron chi connectivity index (χ0n) is 8.10. The minimum atomic E-state index is -4.26. The van der Waals surface area contributed by atoms with E-state index in [2.05, 4.69) is 31.9 Å². The Hall–Kier alpha value is -0.0700. The third-order valence-corrected chi connectivity index (χ3v) is 3.11. The SMILES string of the molecule is FC(F)(F)C(Br)COCc1ccc(Br)cc1. The lowest BCUT2D eigenvalue weighted by molar-refractivity contribution is -0.138. The first-order valence-corrected chi connectivity index (χ1v) is 6.13. The predicted molar refractivity (Wildman–Crippen MR) is 62.6 cm³/mol. The van der Waals surface area contributed by atoms with E-state index in [0.717, 1.165) is 10.0 Å². The summed E-state index contributed by atoms with van der Waals surface area (Å²) in [6, 6.07) is 7.21. The fraction of sp³-hybridized carbons (Fsp3) is 0.400. The Morgan fingerprint density at radius 2 is 1.75 bits per heavy atom. The van der Waals surface area contributed by atoms with Crippen molar-refractivity contribution in [3.05, 3.63) is 34.3 Å². The number of halogens is 5. The Balaban J connectivity index is 2.33. The number of hydrogen-bond acceptors (Lipinski definition) is 1. The summed E-state index contributed by atoms with van der Waals surface area (Å²) in [5.41, 5.74) is 0.838. The smallest absolute Gasteiger partial charge is 0.375 e. The fourth-order valence-electron chi connectivity index (χ4n) is 0.955. The van der Waals surface area contributed by atoms with Gasteiger partial charge in [-0.3, -0.25) is 0 Å². The third kappa shape index (κ3) is 4.84. The molecule has 0 saturated heterocycles. The second-order valence-corrected chi connectivity index (χ2v) is 5.17. The molecule has 1 rings (SSSR count). The highest BCUT2D eigenvalue weighted by atomic mass is 79.9. The summed E-state index contributed by atoms with van der Waals surface area (Å²) in [6.45, 7) is -0.217. The van der Waals surface area contributed by atoms with Crippen LogP contribution in [0.3, 0.4) is 0 Å². The van der Waals surface area contributed by atoms with Crippen LogP contribution in [0.15, 0.2) is 28.7 Å². The number of hydrogen-bond donors (Lipinski definition) is 0. The summed E-state index contributed by atoms with van der Waals surface area (Å²) in [6.07, 6.45) is -4.26. The van der Waals surface area contributed by atoms with Gasteiger partial charge in [-0.2, -0.15) is 13.2 Å². The largest absolute Gasteiger partial charge is 0.403 e. The van der Waals surface area contributed by atoms with Crippen LogP contribution >= 0.6 is 31.9 Å². The highest BCUT2D eigenvalue weighted by Crippen LogP contribution is 2.26. The quantitative estimate of drug-likeness (QED) is 0.727. The van der Waals surface area contributed by atoms with Crippen molar-refractivity contribution in [1.29, 1.82) is 0 Å². The van der Waals surface area contributed by atoms with E-state index in [1.165, 1.54) is 0 Å². The standard InChI is InChI=1S/C10H9Br2F3O/c11-8-3-1-7(2-4-8)5-16-6-9(12)10(13,14)15/h1-4,9H,5-6H2. The molecule has 1 aromatic carbocycles. The Labute approximate surface area is 108 Å². The van der Waals surface area contributed by atoms with E-state index in [1.54, 1.807) is 12.1 Å². The van der Waals surface area contributed by atoms with E-state index in [4.69, 9.17) is 4.74 Å². The highest BCUT2D eigenvalue weighted by Gasteiger charge is 2.37. The zero-order chi connectivity index (χ0) is 12.2. The topological polar surface area (TPSA) is 9.23 Å². The summed E-state index contributed by atoms with van der Waals surface area (Å²) in [7, 11) is 0. The molecule has 1 atom stereocenters. The minimum absolute atomic E-state index is 0.172. The Bertz CT molecular complexity index is 324. The van der Waals surface area contributed by atoms with E-state index in [0.29, 0.717) is 0 Å². The molecule has 0 N–H and O–H groups in total. The maximum atomic E-state index is 12.1. The molecule has 0 spiro atoms. The molecule has 0 radical (unpaired) electrons. The van der Waals surface area contributed by atoms with Crippen molar-refractivity contribution in [2.24, 2.45) is 0 Å². The van der Waals surface area contributed by atoms with E-state index < -0.39 is 11.0 Å². The molecule has 0 amide bonds. The predicted octanol–water partition coefficient (Wildman–Crippen LogP) is 4.29. The Kier molecular flexibility index (Phi) is 5.27. The first kappa shape index (κ1) is 14.0. The van der Waals surface area contributed by atoms with Crippen LogP contribution in [0.2, 0.25) is 0 Å². The van der Waals surface area contributed by atoms with Crippen LogP contribution in [0.25, 0.3) is 0 Å². The fourth-order valence-corrected chi connectivity index (χ4v) is 1.41. The molecule has 1 unspecified atom stereocenters. The lowest BCUT2D eigenvalue weighted by atomic mass is 10.2.